The van der Waals surface area contributed by atoms with Gasteiger partial charge in [0.25, 0.3) is 0 Å². The minimum Gasteiger partial charge on any atom is -0.374 e. The van der Waals surface area contributed by atoms with Gasteiger partial charge in [-0.3, -0.25) is 29.2 Å². The van der Waals surface area contributed by atoms with E-state index in [9.17, 15) is 27.6 Å². The first-order chi connectivity index (χ1) is 30.8. The second-order valence-corrected chi connectivity index (χ2v) is 18.1. The number of rotatable bonds is 14. The Morgan fingerprint density at radius 1 is 0.906 bits per heavy atom. The van der Waals surface area contributed by atoms with Crippen molar-refractivity contribution in [2.24, 2.45) is 0 Å². The number of pyridine rings is 1. The number of aromatic nitrogens is 4. The number of aromatic amines is 1. The predicted molar refractivity (Wildman–Crippen MR) is 236 cm³/mol. The molecule has 64 heavy (non-hydrogen) atoms. The molecule has 0 bridgehead atoms. The molecule has 3 aromatic heterocycles. The number of piperidine rings is 3. The maximum absolute atomic E-state index is 15.6. The van der Waals surface area contributed by atoms with Gasteiger partial charge in [0.2, 0.25) is 29.5 Å². The van der Waals surface area contributed by atoms with Gasteiger partial charge < -0.3 is 25.4 Å². The normalized spacial score (nSPS) is 17.8. The van der Waals surface area contributed by atoms with E-state index in [2.05, 4.69) is 57.6 Å². The molecule has 3 aliphatic rings. The van der Waals surface area contributed by atoms with E-state index in [1.54, 1.807) is 31.6 Å². The molecule has 3 aliphatic heterocycles. The molecule has 0 aliphatic carbocycles. The molecule has 3 amide bonds. The first-order valence-electron chi connectivity index (χ1n) is 21.3. The molecule has 0 spiro atoms. The summed E-state index contributed by atoms with van der Waals surface area (Å²) in [4.78, 5) is 70.8. The molecule has 0 radical (unpaired) electrons. The van der Waals surface area contributed by atoms with Crippen molar-refractivity contribution in [3.8, 4) is 11.1 Å². The number of nitrogens with zero attached hydrogens (tertiary/aromatic N) is 6. The van der Waals surface area contributed by atoms with Gasteiger partial charge in [0.15, 0.2) is 5.82 Å². The number of nitrogens with one attached hydrogen (secondary N) is 5. The van der Waals surface area contributed by atoms with Crippen molar-refractivity contribution in [2.75, 3.05) is 61.3 Å². The van der Waals surface area contributed by atoms with E-state index >= 15 is 8.78 Å². The number of fused-ring (bicyclic) bond motifs is 1. The van der Waals surface area contributed by atoms with E-state index in [-0.39, 0.29) is 42.4 Å². The fourth-order valence-corrected chi connectivity index (χ4v) is 9.25. The molecule has 2 aromatic carbocycles. The zero-order chi connectivity index (χ0) is 45.1. The van der Waals surface area contributed by atoms with Gasteiger partial charge in [-0.15, -0.1) is 0 Å². The third kappa shape index (κ3) is 9.58. The van der Waals surface area contributed by atoms with Crippen LogP contribution in [0.3, 0.4) is 0 Å². The number of likely N-dealkylation sites (tertiary alicyclic amines) is 1. The van der Waals surface area contributed by atoms with Crippen molar-refractivity contribution in [3.05, 3.63) is 95.6 Å². The fourth-order valence-electron chi connectivity index (χ4n) is 8.32. The third-order valence-electron chi connectivity index (χ3n) is 12.3. The summed E-state index contributed by atoms with van der Waals surface area (Å²) in [6.45, 7) is 4.70. The molecule has 17 nitrogen and oxygen atoms in total. The molecular weight excluding hydrogens is 849 g/mol. The number of anilines is 3. The van der Waals surface area contributed by atoms with Gasteiger partial charge in [0, 0.05) is 105 Å². The largest absolute Gasteiger partial charge is 0.374 e. The first-order valence-corrected chi connectivity index (χ1v) is 22.7. The van der Waals surface area contributed by atoms with Crippen LogP contribution in [-0.4, -0.2) is 119 Å². The number of imide groups is 1. The molecular formula is C44H49F2N11O6S. The Balaban J connectivity index is 0.812. The topological polar surface area (TPSA) is 215 Å². The van der Waals surface area contributed by atoms with Crippen molar-refractivity contribution in [1.82, 2.24) is 39.8 Å². The number of benzene rings is 2. The number of H-pyrrole nitrogens is 1. The van der Waals surface area contributed by atoms with Gasteiger partial charge in [-0.25, -0.2) is 23.7 Å². The number of carbonyl (C=O) groups is 4. The van der Waals surface area contributed by atoms with Crippen LogP contribution < -0.4 is 25.6 Å². The van der Waals surface area contributed by atoms with Crippen molar-refractivity contribution >= 4 is 62.1 Å². The van der Waals surface area contributed by atoms with Gasteiger partial charge in [0.05, 0.1) is 17.8 Å². The van der Waals surface area contributed by atoms with Gasteiger partial charge in [-0.1, -0.05) is 19.1 Å². The SMILES string of the molecule is CCN(C)S(=O)(=O)Nc1ccc(F)c(C(=O)c2c[nH]c3ncc(-c4cnc(N5CCC(NCC(=O)N6CCC(c7ccc(NC8CCC(=O)NC8=O)cc7)CC6)CC5)nc4)cc23)c1F. The molecule has 1 atom stereocenters. The summed E-state index contributed by atoms with van der Waals surface area (Å²) in [5.74, 6) is -3.07. The number of carbonyl (C=O) groups excluding carboxylic acids is 4. The summed E-state index contributed by atoms with van der Waals surface area (Å²) in [5.41, 5.74) is 1.95. The van der Waals surface area contributed by atoms with E-state index in [4.69, 9.17) is 0 Å². The van der Waals surface area contributed by atoms with Crippen LogP contribution in [0.5, 0.6) is 0 Å². The molecule has 336 valence electrons. The van der Waals surface area contributed by atoms with Crippen molar-refractivity contribution < 1.29 is 36.4 Å². The van der Waals surface area contributed by atoms with Gasteiger partial charge in [-0.2, -0.15) is 12.7 Å². The molecule has 0 saturated carbocycles. The second-order valence-electron chi connectivity index (χ2n) is 16.3. The van der Waals surface area contributed by atoms with E-state index in [1.165, 1.54) is 18.8 Å². The molecule has 8 rings (SSSR count). The predicted octanol–water partition coefficient (Wildman–Crippen LogP) is 4.32. The van der Waals surface area contributed by atoms with Crippen LogP contribution in [0.25, 0.3) is 22.2 Å². The number of hydrogen-bond acceptors (Lipinski definition) is 12. The zero-order valence-corrected chi connectivity index (χ0v) is 36.2. The zero-order valence-electron chi connectivity index (χ0n) is 35.4. The second kappa shape index (κ2) is 18.8. The van der Waals surface area contributed by atoms with Crippen LogP contribution in [0.15, 0.2) is 67.3 Å². The Morgan fingerprint density at radius 2 is 1.61 bits per heavy atom. The van der Waals surface area contributed by atoms with Crippen molar-refractivity contribution in [1.29, 1.82) is 0 Å². The Bertz CT molecular complexity index is 2670. The molecule has 3 saturated heterocycles. The quantitative estimate of drug-likeness (QED) is 0.0779. The number of hydrogen-bond donors (Lipinski definition) is 5. The highest BCUT2D eigenvalue weighted by molar-refractivity contribution is 7.90. The van der Waals surface area contributed by atoms with Gasteiger partial charge in [0.1, 0.15) is 17.5 Å². The van der Waals surface area contributed by atoms with E-state index in [1.807, 2.05) is 17.0 Å². The lowest BCUT2D eigenvalue weighted by molar-refractivity contribution is -0.134. The van der Waals surface area contributed by atoms with Crippen LogP contribution in [0.2, 0.25) is 0 Å². The van der Waals surface area contributed by atoms with Gasteiger partial charge in [-0.05, 0) is 73.9 Å². The smallest absolute Gasteiger partial charge is 0.301 e. The van der Waals surface area contributed by atoms with Crippen LogP contribution in [-0.2, 0) is 24.6 Å². The van der Waals surface area contributed by atoms with Crippen LogP contribution in [0.1, 0.15) is 72.9 Å². The average molecular weight is 898 g/mol. The Labute approximate surface area is 368 Å². The highest BCUT2D eigenvalue weighted by Gasteiger charge is 2.30. The monoisotopic (exact) mass is 897 g/mol. The third-order valence-corrected chi connectivity index (χ3v) is 13.8. The first kappa shape index (κ1) is 44.2. The fraction of sp³-hybridized carbons (Fsp3) is 0.386. The van der Waals surface area contributed by atoms with Crippen LogP contribution in [0.4, 0.5) is 26.1 Å². The Morgan fingerprint density at radius 3 is 2.30 bits per heavy atom. The van der Waals surface area contributed by atoms with Gasteiger partial charge >= 0.3 is 10.2 Å². The Hall–Kier alpha value is -6.38. The standard InChI is InChI=1S/C44H49F2N11O6S/c1-3-55(2)64(62,63)54-35-9-8-34(45)39(40(35)46)41(60)33-24-49-42-32(33)20-28(21-48-42)29-22-50-44(51-23-29)57-18-14-30(15-19-57)47-25-38(59)56-16-12-27(13-17-56)26-4-6-31(7-5-26)52-36-10-11-37(58)53-43(36)61/h4-9,20-24,27,30,36,47,52,54H,3,10-19,25H2,1-2H3,(H,48,49)(H,53,58,61). The highest BCUT2D eigenvalue weighted by Crippen LogP contribution is 2.32. The summed E-state index contributed by atoms with van der Waals surface area (Å²) in [6, 6.07) is 11.2. The maximum Gasteiger partial charge on any atom is 0.301 e. The molecule has 6 heterocycles. The number of halogens is 2. The summed E-state index contributed by atoms with van der Waals surface area (Å²) in [5, 5.41) is 9.33. The molecule has 3 fully saturated rings. The van der Waals surface area contributed by atoms with Crippen molar-refractivity contribution in [3.63, 3.8) is 0 Å². The van der Waals surface area contributed by atoms with E-state index < -0.39 is 44.9 Å². The average Bonchev–Trinajstić information content (AvgIpc) is 3.74. The number of ketones is 1. The molecule has 5 aromatic rings. The summed E-state index contributed by atoms with van der Waals surface area (Å²) in [6.07, 6.45) is 10.3. The van der Waals surface area contributed by atoms with Crippen LogP contribution >= 0.6 is 0 Å². The summed E-state index contributed by atoms with van der Waals surface area (Å²) in [7, 11) is -2.85. The molecule has 5 N–H and O–H groups in total. The Kier molecular flexibility index (Phi) is 13.0. The summed E-state index contributed by atoms with van der Waals surface area (Å²) < 4.78 is 58.7. The van der Waals surface area contributed by atoms with E-state index in [0.29, 0.717) is 73.0 Å². The lowest BCUT2D eigenvalue weighted by Crippen LogP contribution is -2.48. The minimum atomic E-state index is -4.15. The highest BCUT2D eigenvalue weighted by atomic mass is 32.2. The summed E-state index contributed by atoms with van der Waals surface area (Å²) >= 11 is 0. The van der Waals surface area contributed by atoms with Crippen molar-refractivity contribution in [2.45, 2.75) is 63.5 Å². The minimum absolute atomic E-state index is 0.0598. The molecule has 1 unspecified atom stereocenters. The van der Waals surface area contributed by atoms with E-state index in [0.717, 1.165) is 47.8 Å². The number of amides is 3. The lowest BCUT2D eigenvalue weighted by atomic mass is 9.89. The van der Waals surface area contributed by atoms with Crippen LogP contribution in [0, 0.1) is 11.6 Å². The molecule has 20 heteroatoms. The maximum atomic E-state index is 15.6. The lowest BCUT2D eigenvalue weighted by Gasteiger charge is -2.34.